The lowest BCUT2D eigenvalue weighted by atomic mass is 10.1. The van der Waals surface area contributed by atoms with Crippen molar-refractivity contribution in [1.29, 1.82) is 0 Å². The number of aromatic amines is 1. The van der Waals surface area contributed by atoms with E-state index in [1.165, 1.54) is 12.4 Å². The molecule has 3 rings (SSSR count). The molecule has 0 aliphatic carbocycles. The van der Waals surface area contributed by atoms with Crippen LogP contribution in [-0.2, 0) is 6.18 Å². The Morgan fingerprint density at radius 3 is 2.07 bits per heavy atom. The van der Waals surface area contributed by atoms with Gasteiger partial charge in [-0.25, -0.2) is 17.6 Å². The molecule has 1 aromatic heterocycles. The van der Waals surface area contributed by atoms with Crippen LogP contribution < -0.4 is 10.1 Å². The molecule has 0 bridgehead atoms. The molecule has 0 saturated heterocycles. The van der Waals surface area contributed by atoms with Crippen molar-refractivity contribution < 1.29 is 40.3 Å². The number of methoxy groups -OCH3 is 1. The van der Waals surface area contributed by atoms with Gasteiger partial charge in [-0.05, 0) is 30.3 Å². The van der Waals surface area contributed by atoms with Crippen LogP contribution in [0.5, 0.6) is 5.75 Å². The van der Waals surface area contributed by atoms with Crippen LogP contribution in [0.4, 0.5) is 36.4 Å². The minimum Gasteiger partial charge on any atom is -0.497 e. The van der Waals surface area contributed by atoms with Crippen LogP contribution >= 0.6 is 0 Å². The number of hydrogen-bond acceptors (Lipinski definition) is 3. The first-order valence-corrected chi connectivity index (χ1v) is 7.99. The first-order valence-electron chi connectivity index (χ1n) is 7.99. The Balaban J connectivity index is 1.91. The van der Waals surface area contributed by atoms with Crippen molar-refractivity contribution in [1.82, 2.24) is 10.2 Å². The Hall–Kier alpha value is -3.57. The molecule has 0 fully saturated rings. The molecule has 0 atom stereocenters. The van der Waals surface area contributed by atoms with Gasteiger partial charge in [0.1, 0.15) is 22.7 Å². The molecule has 1 heterocycles. The van der Waals surface area contributed by atoms with Gasteiger partial charge in [0.05, 0.1) is 12.8 Å². The number of hydrogen-bond donors (Lipinski definition) is 2. The van der Waals surface area contributed by atoms with E-state index in [1.54, 1.807) is 24.3 Å². The van der Waals surface area contributed by atoms with E-state index in [1.807, 2.05) is 0 Å². The number of H-pyrrole nitrogens is 1. The Morgan fingerprint density at radius 1 is 1.00 bits per heavy atom. The number of halogens is 7. The normalized spacial score (nSPS) is 11.5. The number of alkyl halides is 3. The molecule has 3 aromatic rings. The molecule has 30 heavy (non-hydrogen) atoms. The van der Waals surface area contributed by atoms with Crippen LogP contribution in [0.25, 0.3) is 11.3 Å². The summed E-state index contributed by atoms with van der Waals surface area (Å²) in [4.78, 5) is 12.2. The summed E-state index contributed by atoms with van der Waals surface area (Å²) in [5.41, 5.74) is -4.06. The zero-order valence-corrected chi connectivity index (χ0v) is 14.8. The Kier molecular flexibility index (Phi) is 5.42. The van der Waals surface area contributed by atoms with E-state index < -0.39 is 46.6 Å². The number of nitrogens with zero attached hydrogens (tertiary/aromatic N) is 1. The van der Waals surface area contributed by atoms with E-state index in [4.69, 9.17) is 4.74 Å². The molecular formula is C18H10F7N3O2. The highest BCUT2D eigenvalue weighted by Crippen LogP contribution is 2.38. The predicted molar refractivity (Wildman–Crippen MR) is 89.8 cm³/mol. The number of amides is 1. The fourth-order valence-corrected chi connectivity index (χ4v) is 2.52. The van der Waals surface area contributed by atoms with E-state index in [-0.39, 0.29) is 11.4 Å². The Labute approximate surface area is 163 Å². The molecule has 0 radical (unpaired) electrons. The molecule has 1 amide bonds. The Morgan fingerprint density at radius 2 is 1.57 bits per heavy atom. The number of rotatable bonds is 4. The van der Waals surface area contributed by atoms with Gasteiger partial charge in [0, 0.05) is 5.56 Å². The third kappa shape index (κ3) is 3.80. The maximum Gasteiger partial charge on any atom is 0.422 e. The minimum absolute atomic E-state index is 0.230. The summed E-state index contributed by atoms with van der Waals surface area (Å²) in [5.74, 6) is -10.9. The van der Waals surface area contributed by atoms with E-state index in [0.29, 0.717) is 11.3 Å². The maximum atomic E-state index is 13.9. The second-order valence-corrected chi connectivity index (χ2v) is 5.85. The van der Waals surface area contributed by atoms with E-state index in [0.717, 1.165) is 6.07 Å². The number of anilines is 1. The molecule has 0 unspecified atom stereocenters. The zero-order chi connectivity index (χ0) is 22.2. The van der Waals surface area contributed by atoms with Crippen LogP contribution in [0.15, 0.2) is 30.3 Å². The number of nitrogens with one attached hydrogen (secondary N) is 2. The zero-order valence-electron chi connectivity index (χ0n) is 14.8. The quantitative estimate of drug-likeness (QED) is 0.454. The molecule has 5 nitrogen and oxygen atoms in total. The van der Waals surface area contributed by atoms with Crippen molar-refractivity contribution in [3.63, 3.8) is 0 Å². The molecule has 0 saturated carbocycles. The molecule has 12 heteroatoms. The second-order valence-electron chi connectivity index (χ2n) is 5.85. The molecule has 0 aliphatic heterocycles. The Bertz CT molecular complexity index is 1080. The topological polar surface area (TPSA) is 67.0 Å². The number of carbonyl (C=O) groups is 1. The van der Waals surface area contributed by atoms with Gasteiger partial charge in [0.2, 0.25) is 0 Å². The first-order chi connectivity index (χ1) is 14.0. The van der Waals surface area contributed by atoms with Crippen LogP contribution in [0.2, 0.25) is 0 Å². The lowest BCUT2D eigenvalue weighted by Gasteiger charge is -2.14. The van der Waals surface area contributed by atoms with Gasteiger partial charge in [-0.15, -0.1) is 0 Å². The summed E-state index contributed by atoms with van der Waals surface area (Å²) >= 11 is 0. The van der Waals surface area contributed by atoms with Gasteiger partial charge in [-0.3, -0.25) is 9.89 Å². The average molecular weight is 433 g/mol. The lowest BCUT2D eigenvalue weighted by Crippen LogP contribution is -2.20. The molecule has 0 spiro atoms. The standard InChI is InChI=1S/C18H10F7N3O2/c1-30-8-4-2-7(3-5-8)9-6-10(28-27-9)17(29)26-16-14(21)12(19)11(18(23,24)25)13(20)15(16)22/h2-6H,1H3,(H,26,29)(H,27,28). The smallest absolute Gasteiger partial charge is 0.422 e. The van der Waals surface area contributed by atoms with Gasteiger partial charge in [-0.2, -0.15) is 18.3 Å². The summed E-state index contributed by atoms with van der Waals surface area (Å²) in [6.07, 6.45) is -5.69. The summed E-state index contributed by atoms with van der Waals surface area (Å²) in [5, 5.41) is 7.58. The summed E-state index contributed by atoms with van der Waals surface area (Å²) < 4.78 is 98.0. The second kappa shape index (κ2) is 7.69. The number of aromatic nitrogens is 2. The monoisotopic (exact) mass is 433 g/mol. The van der Waals surface area contributed by atoms with Crippen LogP contribution in [0.3, 0.4) is 0 Å². The van der Waals surface area contributed by atoms with Crippen molar-refractivity contribution in [2.75, 3.05) is 12.4 Å². The van der Waals surface area contributed by atoms with Crippen LogP contribution in [0.1, 0.15) is 16.1 Å². The SMILES string of the molecule is COc1ccc(-c2cc(C(=O)Nc3c(F)c(F)c(C(F)(F)F)c(F)c3F)[nH]n2)cc1. The minimum atomic E-state index is -5.69. The molecule has 2 N–H and O–H groups in total. The van der Waals surface area contributed by atoms with E-state index in [2.05, 4.69) is 10.2 Å². The van der Waals surface area contributed by atoms with Gasteiger partial charge >= 0.3 is 6.18 Å². The molecular weight excluding hydrogens is 423 g/mol. The fraction of sp³-hybridized carbons (Fsp3) is 0.111. The first kappa shape index (κ1) is 21.1. The van der Waals surface area contributed by atoms with Gasteiger partial charge < -0.3 is 10.1 Å². The lowest BCUT2D eigenvalue weighted by molar-refractivity contribution is -0.143. The van der Waals surface area contributed by atoms with Crippen molar-refractivity contribution in [2.24, 2.45) is 0 Å². The fourth-order valence-electron chi connectivity index (χ4n) is 2.52. The number of ether oxygens (including phenoxy) is 1. The summed E-state index contributed by atoms with van der Waals surface area (Å²) in [7, 11) is 1.46. The number of benzene rings is 2. The van der Waals surface area contributed by atoms with E-state index in [9.17, 15) is 35.5 Å². The van der Waals surface area contributed by atoms with Crippen molar-refractivity contribution >= 4 is 11.6 Å². The van der Waals surface area contributed by atoms with Crippen molar-refractivity contribution in [2.45, 2.75) is 6.18 Å². The van der Waals surface area contributed by atoms with Crippen molar-refractivity contribution in [3.05, 3.63) is 64.9 Å². The van der Waals surface area contributed by atoms with Gasteiger partial charge in [-0.1, -0.05) is 0 Å². The van der Waals surface area contributed by atoms with Gasteiger partial charge in [0.15, 0.2) is 23.3 Å². The van der Waals surface area contributed by atoms with E-state index >= 15 is 0 Å². The average Bonchev–Trinajstić information content (AvgIpc) is 3.19. The predicted octanol–water partition coefficient (Wildman–Crippen LogP) is 4.91. The van der Waals surface area contributed by atoms with Crippen LogP contribution in [0, 0.1) is 23.3 Å². The third-order valence-electron chi connectivity index (χ3n) is 3.99. The molecule has 0 aliphatic rings. The van der Waals surface area contributed by atoms with Crippen LogP contribution in [-0.4, -0.2) is 23.2 Å². The highest BCUT2D eigenvalue weighted by Gasteiger charge is 2.42. The molecule has 2 aromatic carbocycles. The van der Waals surface area contributed by atoms with Gasteiger partial charge in [0.25, 0.3) is 5.91 Å². The largest absolute Gasteiger partial charge is 0.497 e. The molecule has 158 valence electrons. The summed E-state index contributed by atoms with van der Waals surface area (Å²) in [6, 6.07) is 7.54. The maximum absolute atomic E-state index is 13.9. The highest BCUT2D eigenvalue weighted by atomic mass is 19.4. The van der Waals surface area contributed by atoms with Crippen molar-refractivity contribution in [3.8, 4) is 17.0 Å². The highest BCUT2D eigenvalue weighted by molar-refractivity contribution is 6.03. The summed E-state index contributed by atoms with van der Waals surface area (Å²) in [6.45, 7) is 0. The number of carbonyl (C=O) groups excluding carboxylic acids is 1. The third-order valence-corrected chi connectivity index (χ3v) is 3.99.